The molecule has 0 radical (unpaired) electrons. The van der Waals surface area contributed by atoms with Crippen LogP contribution in [-0.4, -0.2) is 3.21 Å². The Labute approximate surface area is 267 Å². The molecule has 3 aromatic rings. The van der Waals surface area contributed by atoms with Crippen molar-refractivity contribution in [3.8, 4) is 11.1 Å². The molecular weight excluding hydrogens is 623 g/mol. The standard InChI is InChI=1S/C21H25.C10H9O.C6H10.2ClH.Zr/c1-20(2,3)16-7-9-18-14(12-16)11-15-13-17(21(4,5)6)8-10-19(15)18;1-8-2-3-9(6-8)10-4-5-11-7-10;1-2-4-6-5-3-1;;;/h7-13H,1-6H3;2-5,7-8H,1H3;1-5H2;2*1H;/q;;;;;+2/p-2. The molecule has 2 aromatic carbocycles. The van der Waals surface area contributed by atoms with Crippen molar-refractivity contribution in [2.24, 2.45) is 5.92 Å². The van der Waals surface area contributed by atoms with Crippen molar-refractivity contribution in [2.75, 3.05) is 0 Å². The maximum Gasteiger partial charge on any atom is -1.00 e. The van der Waals surface area contributed by atoms with Gasteiger partial charge in [0.05, 0.1) is 0 Å². The Kier molecular flexibility index (Phi) is 9.70. The van der Waals surface area contributed by atoms with Gasteiger partial charge in [-0.15, -0.1) is 0 Å². The molecular formula is C37H44Cl2OZr. The van der Waals surface area contributed by atoms with Crippen LogP contribution in [0.15, 0.2) is 74.8 Å². The van der Waals surface area contributed by atoms with Crippen LogP contribution in [0.25, 0.3) is 16.7 Å². The summed E-state index contributed by atoms with van der Waals surface area (Å²) >= 11 is -2.45. The van der Waals surface area contributed by atoms with Crippen LogP contribution in [0.5, 0.6) is 0 Å². The van der Waals surface area contributed by atoms with Gasteiger partial charge in [-0.25, -0.2) is 0 Å². The van der Waals surface area contributed by atoms with Crippen LogP contribution in [-0.2, 0) is 32.1 Å². The minimum atomic E-state index is -2.45. The minimum Gasteiger partial charge on any atom is -1.00 e. The number of halogens is 2. The number of allylic oxidation sites excluding steroid dienone is 4. The normalized spacial score (nSPS) is 18.4. The van der Waals surface area contributed by atoms with E-state index >= 15 is 0 Å². The summed E-state index contributed by atoms with van der Waals surface area (Å²) < 4.78 is 9.92. The molecule has 0 saturated heterocycles. The average molecular weight is 667 g/mol. The second-order valence-electron chi connectivity index (χ2n) is 14.1. The van der Waals surface area contributed by atoms with Gasteiger partial charge in [-0.2, -0.15) is 0 Å². The molecule has 41 heavy (non-hydrogen) atoms. The van der Waals surface area contributed by atoms with E-state index in [0.29, 0.717) is 9.54 Å². The molecule has 0 aliphatic heterocycles. The zero-order valence-electron chi connectivity index (χ0n) is 25.7. The van der Waals surface area contributed by atoms with Crippen molar-refractivity contribution in [2.45, 2.75) is 95.0 Å². The zero-order valence-corrected chi connectivity index (χ0v) is 29.7. The Hall–Kier alpha value is -1.47. The molecule has 216 valence electrons. The quantitative estimate of drug-likeness (QED) is 0.406. The Morgan fingerprint density at radius 1 is 0.756 bits per heavy atom. The second kappa shape index (κ2) is 12.3. The van der Waals surface area contributed by atoms with Crippen molar-refractivity contribution in [3.63, 3.8) is 0 Å². The Morgan fingerprint density at radius 3 is 1.80 bits per heavy atom. The van der Waals surface area contributed by atoms with Crippen molar-refractivity contribution < 1.29 is 50.5 Å². The summed E-state index contributed by atoms with van der Waals surface area (Å²) in [6.45, 7) is 16.6. The van der Waals surface area contributed by atoms with E-state index in [1.807, 2.05) is 15.7 Å². The van der Waals surface area contributed by atoms with E-state index in [4.69, 9.17) is 4.42 Å². The van der Waals surface area contributed by atoms with E-state index < -0.39 is 21.3 Å². The van der Waals surface area contributed by atoms with E-state index in [9.17, 15) is 0 Å². The summed E-state index contributed by atoms with van der Waals surface area (Å²) in [7, 11) is 0. The average Bonchev–Trinajstić information content (AvgIpc) is 3.62. The fourth-order valence-electron chi connectivity index (χ4n) is 7.03. The van der Waals surface area contributed by atoms with Crippen LogP contribution in [0.3, 0.4) is 0 Å². The molecule has 0 amide bonds. The third-order valence-corrected chi connectivity index (χ3v) is 18.6. The molecule has 0 N–H and O–H groups in total. The van der Waals surface area contributed by atoms with Crippen LogP contribution in [0.2, 0.25) is 0 Å². The summed E-state index contributed by atoms with van der Waals surface area (Å²) in [5.41, 5.74) is 12.2. The van der Waals surface area contributed by atoms with Gasteiger partial charge in [0.1, 0.15) is 0 Å². The van der Waals surface area contributed by atoms with E-state index in [2.05, 4.69) is 103 Å². The first-order valence-corrected chi connectivity index (χ1v) is 18.9. The molecule has 1 heterocycles. The van der Waals surface area contributed by atoms with E-state index in [1.165, 1.54) is 65.5 Å². The number of hydrogen-bond donors (Lipinski definition) is 0. The van der Waals surface area contributed by atoms with Gasteiger partial charge < -0.3 is 24.8 Å². The van der Waals surface area contributed by atoms with Crippen LogP contribution < -0.4 is 24.8 Å². The van der Waals surface area contributed by atoms with Gasteiger partial charge in [-0.05, 0) is 0 Å². The molecule has 4 heteroatoms. The van der Waals surface area contributed by atoms with Gasteiger partial charge in [0.15, 0.2) is 0 Å². The molecule has 3 aliphatic rings. The molecule has 1 atom stereocenters. The predicted molar refractivity (Wildman–Crippen MR) is 163 cm³/mol. The van der Waals surface area contributed by atoms with Crippen LogP contribution in [0, 0.1) is 5.92 Å². The predicted octanol–water partition coefficient (Wildman–Crippen LogP) is 4.32. The SMILES string of the molecule is CC1C=CC(c2ccoc2)=[C]1[Zr+2](=[C]1CCCCC1)[CH]1c2cc(C(C)(C)C)ccc2-c2ccc(C(C)(C)C)cc21.[Cl-].[Cl-]. The first kappa shape index (κ1) is 32.4. The number of fused-ring (bicyclic) bond motifs is 3. The van der Waals surface area contributed by atoms with Crippen molar-refractivity contribution >= 4 is 8.78 Å². The fourth-order valence-corrected chi connectivity index (χ4v) is 17.4. The fraction of sp³-hybridized carbons (Fsp3) is 0.432. The largest absolute Gasteiger partial charge is 1.00 e. The molecule has 1 nitrogen and oxygen atoms in total. The van der Waals surface area contributed by atoms with E-state index in [-0.39, 0.29) is 35.6 Å². The summed E-state index contributed by atoms with van der Waals surface area (Å²) in [4.78, 5) is 0. The van der Waals surface area contributed by atoms with Crippen molar-refractivity contribution in [1.82, 2.24) is 0 Å². The third-order valence-electron chi connectivity index (χ3n) is 9.29. The molecule has 0 bridgehead atoms. The van der Waals surface area contributed by atoms with Gasteiger partial charge in [0, 0.05) is 0 Å². The maximum absolute atomic E-state index is 5.63. The number of rotatable bonds is 3. The first-order chi connectivity index (χ1) is 18.5. The number of benzene rings is 2. The minimum absolute atomic E-state index is 0. The molecule has 0 spiro atoms. The molecule has 6 rings (SSSR count). The van der Waals surface area contributed by atoms with E-state index in [0.717, 1.165) is 0 Å². The van der Waals surface area contributed by atoms with Gasteiger partial charge in [0.25, 0.3) is 0 Å². The summed E-state index contributed by atoms with van der Waals surface area (Å²) in [5.74, 6) is 0.503. The van der Waals surface area contributed by atoms with Crippen molar-refractivity contribution in [3.05, 3.63) is 98.2 Å². The van der Waals surface area contributed by atoms with Gasteiger partial charge in [-0.3, -0.25) is 0 Å². The second-order valence-corrected chi connectivity index (χ2v) is 20.6. The first-order valence-electron chi connectivity index (χ1n) is 15.0. The van der Waals surface area contributed by atoms with Crippen molar-refractivity contribution in [1.29, 1.82) is 0 Å². The maximum atomic E-state index is 5.63. The summed E-state index contributed by atoms with van der Waals surface area (Å²) in [6.07, 6.45) is 15.5. The van der Waals surface area contributed by atoms with Crippen LogP contribution in [0.1, 0.15) is 112 Å². The third kappa shape index (κ3) is 6.01. The monoisotopic (exact) mass is 664 g/mol. The molecule has 1 unspecified atom stereocenters. The molecule has 1 saturated carbocycles. The smallest absolute Gasteiger partial charge is 1.00 e. The van der Waals surface area contributed by atoms with Gasteiger partial charge in [0.2, 0.25) is 0 Å². The molecule has 1 aromatic heterocycles. The topological polar surface area (TPSA) is 13.1 Å². The Morgan fingerprint density at radius 2 is 1.32 bits per heavy atom. The van der Waals surface area contributed by atoms with Gasteiger partial charge >= 0.3 is 245 Å². The van der Waals surface area contributed by atoms with Gasteiger partial charge in [-0.1, -0.05) is 0 Å². The van der Waals surface area contributed by atoms with E-state index in [1.54, 1.807) is 14.4 Å². The number of furan rings is 1. The molecule has 1 fully saturated rings. The Bertz CT molecular complexity index is 1440. The summed E-state index contributed by atoms with van der Waals surface area (Å²) in [6, 6.07) is 17.1. The van der Waals surface area contributed by atoms with Crippen LogP contribution >= 0.6 is 0 Å². The number of hydrogen-bond acceptors (Lipinski definition) is 1. The zero-order chi connectivity index (χ0) is 27.5. The van der Waals surface area contributed by atoms with Crippen LogP contribution in [0.4, 0.5) is 0 Å². The summed E-state index contributed by atoms with van der Waals surface area (Å²) in [5, 5.41) is 0. The molecule has 3 aliphatic carbocycles. The Balaban J connectivity index is 0.00000194.